The summed E-state index contributed by atoms with van der Waals surface area (Å²) in [5.41, 5.74) is -1.72. The lowest BCUT2D eigenvalue weighted by atomic mass is 9.85. The van der Waals surface area contributed by atoms with Gasteiger partial charge in [0, 0.05) is 24.8 Å². The predicted molar refractivity (Wildman–Crippen MR) is 202 cm³/mol. The van der Waals surface area contributed by atoms with E-state index < -0.39 is 92.7 Å². The number of aryl methyl sites for hydroxylation is 1. The number of alkyl halides is 3. The fourth-order valence-electron chi connectivity index (χ4n) is 8.30. The van der Waals surface area contributed by atoms with Gasteiger partial charge in [0.05, 0.1) is 30.6 Å². The van der Waals surface area contributed by atoms with Gasteiger partial charge < -0.3 is 29.7 Å². The van der Waals surface area contributed by atoms with E-state index in [-0.39, 0.29) is 43.7 Å². The first-order chi connectivity index (χ1) is 27.3. The van der Waals surface area contributed by atoms with Gasteiger partial charge in [0.1, 0.15) is 41.3 Å². The van der Waals surface area contributed by atoms with Crippen molar-refractivity contribution in [3.05, 3.63) is 23.9 Å². The molecule has 58 heavy (non-hydrogen) atoms. The molecule has 3 N–H and O–H groups in total. The second-order valence-electron chi connectivity index (χ2n) is 17.4. The molecule has 318 valence electrons. The Morgan fingerprint density at radius 1 is 1.09 bits per heavy atom. The zero-order chi connectivity index (χ0) is 41.9. The molecule has 4 fully saturated rings. The molecule has 1 unspecified atom stereocenters. The number of rotatable bonds is 8. The van der Waals surface area contributed by atoms with Crippen molar-refractivity contribution in [1.29, 1.82) is 0 Å². The summed E-state index contributed by atoms with van der Waals surface area (Å²) in [6.07, 6.45) is -1.85. The molecule has 3 heterocycles. The van der Waals surface area contributed by atoms with E-state index >= 15 is 0 Å². The van der Waals surface area contributed by atoms with Crippen LogP contribution in [0.2, 0.25) is 0 Å². The molecule has 1 aromatic carbocycles. The predicted octanol–water partition coefficient (Wildman–Crippen LogP) is 4.31. The molecular formula is C39H51F3N6O9S. The number of fused-ring (bicyclic) bond motifs is 5. The van der Waals surface area contributed by atoms with E-state index in [9.17, 15) is 40.8 Å². The number of benzene rings is 1. The zero-order valence-electron chi connectivity index (χ0n) is 33.2. The van der Waals surface area contributed by atoms with Gasteiger partial charge in [0.25, 0.3) is 15.9 Å². The highest BCUT2D eigenvalue weighted by atomic mass is 32.2. The lowest BCUT2D eigenvalue weighted by molar-refractivity contribution is -0.144. The molecule has 3 saturated carbocycles. The molecule has 19 heteroatoms. The van der Waals surface area contributed by atoms with Gasteiger partial charge in [0.2, 0.25) is 29.1 Å². The Morgan fingerprint density at radius 3 is 2.47 bits per heavy atom. The minimum atomic E-state index is -4.91. The van der Waals surface area contributed by atoms with Crippen molar-refractivity contribution in [1.82, 2.24) is 30.2 Å². The van der Waals surface area contributed by atoms with Crippen LogP contribution in [0.5, 0.6) is 11.6 Å². The number of methoxy groups -OCH3 is 1. The van der Waals surface area contributed by atoms with Crippen LogP contribution in [0.3, 0.4) is 0 Å². The van der Waals surface area contributed by atoms with Gasteiger partial charge >= 0.3 is 6.09 Å². The first-order valence-electron chi connectivity index (χ1n) is 20.0. The highest BCUT2D eigenvalue weighted by molar-refractivity contribution is 7.91. The van der Waals surface area contributed by atoms with E-state index in [0.717, 1.165) is 25.7 Å². The lowest BCUT2D eigenvalue weighted by Crippen LogP contribution is -2.61. The van der Waals surface area contributed by atoms with Crippen LogP contribution < -0.4 is 24.8 Å². The zero-order valence-corrected chi connectivity index (χ0v) is 34.0. The highest BCUT2D eigenvalue weighted by Gasteiger charge is 2.68. The summed E-state index contributed by atoms with van der Waals surface area (Å²) in [5.74, 6) is -4.96. The monoisotopic (exact) mass is 836 g/mol. The summed E-state index contributed by atoms with van der Waals surface area (Å²) in [7, 11) is -3.39. The molecule has 0 radical (unpaired) electrons. The molecule has 2 aliphatic heterocycles. The number of hydrogen-bond donors (Lipinski definition) is 3. The van der Waals surface area contributed by atoms with Crippen LogP contribution >= 0.6 is 0 Å². The van der Waals surface area contributed by atoms with E-state index in [1.54, 1.807) is 50.6 Å². The molecule has 8 atom stereocenters. The Labute approximate surface area is 334 Å². The van der Waals surface area contributed by atoms with Gasteiger partial charge in [-0.2, -0.15) is 0 Å². The molecule has 15 nitrogen and oxygen atoms in total. The third kappa shape index (κ3) is 8.11. The number of halogens is 3. The van der Waals surface area contributed by atoms with E-state index in [1.807, 2.05) is 0 Å². The maximum Gasteiger partial charge on any atom is 0.408 e. The Hall–Kier alpha value is -4.42. The van der Waals surface area contributed by atoms with Crippen LogP contribution in [-0.2, 0) is 35.6 Å². The van der Waals surface area contributed by atoms with Gasteiger partial charge in [-0.3, -0.25) is 14.4 Å². The van der Waals surface area contributed by atoms with Crippen molar-refractivity contribution in [3.63, 3.8) is 0 Å². The fraction of sp³-hybridized carbons (Fsp3) is 0.692. The minimum Gasteiger partial charge on any atom is -0.497 e. The summed E-state index contributed by atoms with van der Waals surface area (Å²) in [6, 6.07) is 2.54. The summed E-state index contributed by atoms with van der Waals surface area (Å²) in [6.45, 7) is 6.68. The van der Waals surface area contributed by atoms with Crippen molar-refractivity contribution in [2.24, 2.45) is 23.2 Å². The lowest BCUT2D eigenvalue weighted by Gasteiger charge is -2.36. The number of hydrogen-bond acceptors (Lipinski definition) is 11. The number of amides is 4. The Kier molecular flexibility index (Phi) is 11.0. The number of aromatic nitrogens is 2. The Balaban J connectivity index is 1.27. The van der Waals surface area contributed by atoms with Crippen molar-refractivity contribution in [2.45, 2.75) is 133 Å². The smallest absolute Gasteiger partial charge is 0.408 e. The van der Waals surface area contributed by atoms with E-state index in [1.165, 1.54) is 12.0 Å². The maximum absolute atomic E-state index is 14.8. The molecule has 4 amide bonds. The maximum atomic E-state index is 14.8. The Morgan fingerprint density at radius 2 is 1.83 bits per heavy atom. The molecule has 7 rings (SSSR count). The molecule has 5 aliphatic rings. The van der Waals surface area contributed by atoms with Crippen LogP contribution in [0.1, 0.15) is 91.2 Å². The minimum absolute atomic E-state index is 0.177. The standard InChI is InChI=1S/C39H51F3N6O9S/c1-6-22-28-19-48(29(22)32(49)46-39(18-23(39)31(40)41)35(51)47-58(53,54)38(42)14-15-38)34(50)30(37(2,3)4)45-36(52)57-27-16-20(27)10-8-7-9-11-25-33(56-28)44-26-17-21(55-5)12-13-24(26)43-25/h12-13,17,20,22-23,27-31H,6-11,14-16,18-19H2,1-5H3,(H,45,52)(H,46,49)(H,47,51)/t20?,22-,23+,27-,28+,29+,30-,39-/m1/s1. The summed E-state index contributed by atoms with van der Waals surface area (Å²) in [4.78, 5) is 67.1. The van der Waals surface area contributed by atoms with Gasteiger partial charge in [-0.05, 0) is 62.0 Å². The van der Waals surface area contributed by atoms with Crippen molar-refractivity contribution < 1.29 is 55.0 Å². The summed E-state index contributed by atoms with van der Waals surface area (Å²) < 4.78 is 88.0. The van der Waals surface area contributed by atoms with Gasteiger partial charge in [-0.1, -0.05) is 40.5 Å². The van der Waals surface area contributed by atoms with Gasteiger partial charge in [-0.25, -0.2) is 41.1 Å². The molecule has 1 aromatic heterocycles. The molecule has 2 aromatic rings. The SMILES string of the molecule is CC[C@@H]1[C@@H]2CN(C(=O)[C@H](C(C)(C)C)NC(=O)O[C@@H]3CC3CCCCCc3nc4ccc(OC)cc4nc3O2)[C@@H]1C(=O)N[C@]1(C(=O)NS(=O)(=O)C2(F)CC2)C[C@H]1C(F)F. The van der Waals surface area contributed by atoms with E-state index in [2.05, 4.69) is 10.6 Å². The van der Waals surface area contributed by atoms with Crippen LogP contribution in [0, 0.1) is 23.2 Å². The quantitative estimate of drug-likeness (QED) is 0.343. The van der Waals surface area contributed by atoms with Crippen molar-refractivity contribution >= 4 is 44.9 Å². The number of sulfonamides is 1. The second kappa shape index (κ2) is 15.3. The number of carbonyl (C=O) groups is 4. The first kappa shape index (κ1) is 41.7. The normalized spacial score (nSPS) is 31.1. The van der Waals surface area contributed by atoms with Crippen molar-refractivity contribution in [2.75, 3.05) is 13.7 Å². The molecule has 3 aliphatic carbocycles. The number of ether oxygens (including phenoxy) is 3. The topological polar surface area (TPSA) is 195 Å². The van der Waals surface area contributed by atoms with Crippen LogP contribution in [0.25, 0.3) is 11.0 Å². The first-order valence-corrected chi connectivity index (χ1v) is 21.4. The third-order valence-corrected chi connectivity index (χ3v) is 14.0. The average Bonchev–Trinajstić information content (AvgIpc) is 4.11. The largest absolute Gasteiger partial charge is 0.497 e. The average molecular weight is 837 g/mol. The van der Waals surface area contributed by atoms with Crippen LogP contribution in [-0.4, -0.2) is 102 Å². The summed E-state index contributed by atoms with van der Waals surface area (Å²) in [5, 5.41) is 2.38. The van der Waals surface area contributed by atoms with E-state index in [0.29, 0.717) is 35.3 Å². The number of nitrogens with one attached hydrogen (secondary N) is 3. The number of carbonyl (C=O) groups excluding carboxylic acids is 4. The van der Waals surface area contributed by atoms with Gasteiger partial charge in [0.15, 0.2) is 0 Å². The van der Waals surface area contributed by atoms with Crippen LogP contribution in [0.15, 0.2) is 18.2 Å². The summed E-state index contributed by atoms with van der Waals surface area (Å²) >= 11 is 0. The molecular weight excluding hydrogens is 786 g/mol. The second-order valence-corrected chi connectivity index (χ2v) is 19.3. The van der Waals surface area contributed by atoms with E-state index in [4.69, 9.17) is 24.2 Å². The van der Waals surface area contributed by atoms with Crippen molar-refractivity contribution in [3.8, 4) is 11.6 Å². The third-order valence-electron chi connectivity index (χ3n) is 12.2. The fourth-order valence-corrected chi connectivity index (χ4v) is 9.55. The number of nitrogens with zero attached hydrogens (tertiary/aromatic N) is 3. The highest BCUT2D eigenvalue weighted by Crippen LogP contribution is 2.50. The van der Waals surface area contributed by atoms with Crippen LogP contribution in [0.4, 0.5) is 18.0 Å². The molecule has 2 bridgehead atoms. The number of alkyl carbamates (subject to hydrolysis) is 1. The Bertz CT molecular complexity index is 2080. The van der Waals surface area contributed by atoms with Gasteiger partial charge in [-0.15, -0.1) is 0 Å². The molecule has 1 saturated heterocycles. The molecule has 0 spiro atoms.